The first-order valence-electron chi connectivity index (χ1n) is 12.6. The summed E-state index contributed by atoms with van der Waals surface area (Å²) in [6.45, 7) is 4.63. The van der Waals surface area contributed by atoms with E-state index >= 15 is 0 Å². The molecule has 6 heterocycles. The first kappa shape index (κ1) is 22.8. The average molecular weight is 512 g/mol. The second-order valence-corrected chi connectivity index (χ2v) is 9.63. The van der Waals surface area contributed by atoms with Crippen molar-refractivity contribution in [3.05, 3.63) is 89.6 Å². The molecule has 0 fully saturated rings. The van der Waals surface area contributed by atoms with E-state index in [4.69, 9.17) is 14.8 Å². The fourth-order valence-electron chi connectivity index (χ4n) is 5.60. The molecule has 0 spiro atoms. The van der Waals surface area contributed by atoms with Crippen molar-refractivity contribution in [1.82, 2.24) is 40.5 Å². The Balaban J connectivity index is 1.42. The van der Waals surface area contributed by atoms with Crippen LogP contribution in [0.15, 0.2) is 66.2 Å². The van der Waals surface area contributed by atoms with Gasteiger partial charge in [-0.3, -0.25) is 15.0 Å². The van der Waals surface area contributed by atoms with Crippen molar-refractivity contribution in [1.29, 1.82) is 0 Å². The molecule has 3 atom stereocenters. The first-order valence-corrected chi connectivity index (χ1v) is 12.6. The number of halogens is 1. The van der Waals surface area contributed by atoms with Gasteiger partial charge < -0.3 is 14.8 Å². The zero-order valence-electron chi connectivity index (χ0n) is 20.9. The topological polar surface area (TPSA) is 121 Å². The number of H-pyrrole nitrogens is 2. The van der Waals surface area contributed by atoms with Gasteiger partial charge in [-0.25, -0.2) is 14.4 Å². The largest absolute Gasteiger partial charge is 0.392 e. The Morgan fingerprint density at radius 3 is 2.76 bits per heavy atom. The number of rotatable bonds is 5. The smallest absolute Gasteiger partial charge is 0.208 e. The molecule has 0 amide bonds. The third-order valence-electron chi connectivity index (χ3n) is 7.40. The van der Waals surface area contributed by atoms with Gasteiger partial charge in [0.25, 0.3) is 0 Å². The van der Waals surface area contributed by atoms with Crippen LogP contribution in [0.5, 0.6) is 0 Å². The molecule has 10 nitrogen and oxygen atoms in total. The highest BCUT2D eigenvalue weighted by Gasteiger charge is 2.52. The predicted molar refractivity (Wildman–Crippen MR) is 139 cm³/mol. The minimum Gasteiger partial charge on any atom is -0.392 e. The van der Waals surface area contributed by atoms with E-state index in [1.54, 1.807) is 12.3 Å². The highest BCUT2D eigenvalue weighted by atomic mass is 19.1. The van der Waals surface area contributed by atoms with Gasteiger partial charge in [0.15, 0.2) is 6.17 Å². The Morgan fingerprint density at radius 1 is 1.11 bits per heavy atom. The zero-order valence-corrected chi connectivity index (χ0v) is 20.9. The molecule has 4 aromatic heterocycles. The van der Waals surface area contributed by atoms with Crippen molar-refractivity contribution < 1.29 is 9.23 Å². The lowest BCUT2D eigenvalue weighted by Crippen LogP contribution is -2.59. The number of aliphatic imine (C=N–C) groups is 1. The van der Waals surface area contributed by atoms with Gasteiger partial charge >= 0.3 is 0 Å². The Morgan fingerprint density at radius 2 is 2.00 bits per heavy atom. The molecule has 7 rings (SSSR count). The summed E-state index contributed by atoms with van der Waals surface area (Å²) in [5.74, 6) is 0.921. The molecule has 0 saturated heterocycles. The summed E-state index contributed by atoms with van der Waals surface area (Å²) in [4.78, 5) is 26.5. The van der Waals surface area contributed by atoms with Gasteiger partial charge in [-0.05, 0) is 37.1 Å². The molecule has 4 N–H and O–H groups in total. The number of hydrogen-bond acceptors (Lipinski definition) is 7. The Kier molecular flexibility index (Phi) is 5.17. The SMILES string of the molecule is CCn1cc(C2(C3N=C(C)ON3)N[C@@H](c3ncc(-c4ccc(F)cn4)[nH]3)Cc3c2[nH]c2ccccc32)cn1. The molecule has 2 aliphatic heterocycles. The van der Waals surface area contributed by atoms with Gasteiger partial charge in [0.2, 0.25) is 5.90 Å². The van der Waals surface area contributed by atoms with Crippen molar-refractivity contribution in [2.24, 2.45) is 4.99 Å². The minimum atomic E-state index is -0.844. The van der Waals surface area contributed by atoms with Gasteiger partial charge in [0.05, 0.1) is 36.0 Å². The molecule has 2 unspecified atom stereocenters. The molecular formula is C27H26FN9O. The Bertz CT molecular complexity index is 1670. The van der Waals surface area contributed by atoms with Crippen LogP contribution < -0.4 is 10.8 Å². The zero-order chi connectivity index (χ0) is 25.9. The third-order valence-corrected chi connectivity index (χ3v) is 7.40. The summed E-state index contributed by atoms with van der Waals surface area (Å²) in [7, 11) is 0. The Hall–Kier alpha value is -4.35. The van der Waals surface area contributed by atoms with Crippen LogP contribution in [0.1, 0.15) is 42.5 Å². The van der Waals surface area contributed by atoms with E-state index in [1.807, 2.05) is 30.1 Å². The maximum absolute atomic E-state index is 13.5. The van der Waals surface area contributed by atoms with Gasteiger partial charge in [0.1, 0.15) is 17.2 Å². The van der Waals surface area contributed by atoms with E-state index in [2.05, 4.69) is 56.0 Å². The van der Waals surface area contributed by atoms with Crippen LogP contribution >= 0.6 is 0 Å². The average Bonchev–Trinajstić information content (AvgIpc) is 3.74. The number of fused-ring (bicyclic) bond motifs is 3. The molecule has 1 aromatic carbocycles. The van der Waals surface area contributed by atoms with Crippen molar-refractivity contribution >= 4 is 16.8 Å². The van der Waals surface area contributed by atoms with Crippen molar-refractivity contribution in [2.45, 2.75) is 44.6 Å². The molecule has 192 valence electrons. The van der Waals surface area contributed by atoms with E-state index < -0.39 is 11.7 Å². The number of imidazole rings is 1. The first-order chi connectivity index (χ1) is 18.5. The van der Waals surface area contributed by atoms with Crippen LogP contribution in [-0.2, 0) is 23.3 Å². The quantitative estimate of drug-likeness (QED) is 0.286. The molecule has 11 heteroatoms. The fourth-order valence-corrected chi connectivity index (χ4v) is 5.60. The minimum absolute atomic E-state index is 0.209. The summed E-state index contributed by atoms with van der Waals surface area (Å²) in [6.07, 6.45) is 7.08. The number of benzene rings is 1. The van der Waals surface area contributed by atoms with Crippen molar-refractivity contribution in [3.8, 4) is 11.4 Å². The summed E-state index contributed by atoms with van der Waals surface area (Å²) >= 11 is 0. The predicted octanol–water partition coefficient (Wildman–Crippen LogP) is 3.72. The molecule has 5 aromatic rings. The number of aryl methyl sites for hydroxylation is 1. The monoisotopic (exact) mass is 511 g/mol. The lowest BCUT2D eigenvalue weighted by atomic mass is 9.77. The van der Waals surface area contributed by atoms with Crippen LogP contribution in [-0.4, -0.2) is 41.8 Å². The number of aromatic amines is 2. The lowest BCUT2D eigenvalue weighted by molar-refractivity contribution is 0.118. The van der Waals surface area contributed by atoms with Crippen LogP contribution in [0.3, 0.4) is 0 Å². The van der Waals surface area contributed by atoms with Crippen LogP contribution in [0.4, 0.5) is 4.39 Å². The van der Waals surface area contributed by atoms with Crippen molar-refractivity contribution in [3.63, 3.8) is 0 Å². The summed E-state index contributed by atoms with van der Waals surface area (Å²) < 4.78 is 15.4. The standard InChI is InChI=1S/C27H26FN9O/c1-3-37-14-16(11-31-37)27(26-32-15(2)38-36-26)24-19(18-6-4-5-7-20(18)33-24)10-22(35-27)25-30-13-23(34-25)21-9-8-17(28)12-29-21/h4-9,11-14,22,26,33,35-36H,3,10H2,1-2H3,(H,30,34)/t22-,26?,27?/m1/s1. The van der Waals surface area contributed by atoms with Gasteiger partial charge in [-0.1, -0.05) is 18.2 Å². The highest BCUT2D eigenvalue weighted by Crippen LogP contribution is 2.45. The fraction of sp³-hybridized carbons (Fsp3) is 0.259. The van der Waals surface area contributed by atoms with E-state index in [0.717, 1.165) is 34.5 Å². The number of nitrogens with zero attached hydrogens (tertiary/aromatic N) is 5. The molecule has 0 bridgehead atoms. The molecule has 0 saturated carbocycles. The number of para-hydroxylation sites is 1. The maximum atomic E-state index is 13.5. The van der Waals surface area contributed by atoms with Crippen LogP contribution in [0.2, 0.25) is 0 Å². The third kappa shape index (κ3) is 3.46. The van der Waals surface area contributed by atoms with Gasteiger partial charge in [-0.15, -0.1) is 5.48 Å². The van der Waals surface area contributed by atoms with Crippen LogP contribution in [0.25, 0.3) is 22.3 Å². The van der Waals surface area contributed by atoms with E-state index in [0.29, 0.717) is 23.7 Å². The van der Waals surface area contributed by atoms with E-state index in [9.17, 15) is 4.39 Å². The maximum Gasteiger partial charge on any atom is 0.208 e. The van der Waals surface area contributed by atoms with Gasteiger partial charge in [0, 0.05) is 41.8 Å². The summed E-state index contributed by atoms with van der Waals surface area (Å²) in [5, 5.41) is 9.63. The van der Waals surface area contributed by atoms with Gasteiger partial charge in [-0.2, -0.15) is 5.10 Å². The van der Waals surface area contributed by atoms with Crippen molar-refractivity contribution in [2.75, 3.05) is 0 Å². The Labute approximate surface area is 217 Å². The molecule has 0 radical (unpaired) electrons. The molecule has 2 aliphatic rings. The number of nitrogens with one attached hydrogen (secondary N) is 4. The number of pyridine rings is 1. The summed E-state index contributed by atoms with van der Waals surface area (Å²) in [5.41, 5.74) is 7.81. The second kappa shape index (κ2) is 8.61. The van der Waals surface area contributed by atoms with E-state index in [1.165, 1.54) is 17.8 Å². The molecular weight excluding hydrogens is 485 g/mol. The number of hydrogen-bond donors (Lipinski definition) is 4. The highest BCUT2D eigenvalue weighted by molar-refractivity contribution is 5.86. The molecule has 38 heavy (non-hydrogen) atoms. The number of aromatic nitrogens is 6. The summed E-state index contributed by atoms with van der Waals surface area (Å²) in [6, 6.07) is 11.1. The second-order valence-electron chi connectivity index (χ2n) is 9.63. The van der Waals surface area contributed by atoms with E-state index in [-0.39, 0.29) is 11.9 Å². The molecule has 0 aliphatic carbocycles. The normalized spacial score (nSPS) is 22.9. The lowest BCUT2D eigenvalue weighted by Gasteiger charge is -2.43. The number of hydroxylamine groups is 1. The van der Waals surface area contributed by atoms with Crippen LogP contribution in [0, 0.1) is 5.82 Å².